The number of rotatable bonds is 5. The number of aryl methyl sites for hydroxylation is 2. The Balaban J connectivity index is 1.94. The first-order valence-electron chi connectivity index (χ1n) is 6.73. The first kappa shape index (κ1) is 15.0. The number of hydrogen-bond donors (Lipinski definition) is 2. The van der Waals surface area contributed by atoms with E-state index in [-0.39, 0.29) is 6.10 Å². The van der Waals surface area contributed by atoms with Gasteiger partial charge in [-0.1, -0.05) is 6.92 Å². The molecule has 108 valence electrons. The Kier molecular flexibility index (Phi) is 4.66. The molecular formula is C13H22BrN3O2. The molecule has 0 aromatic carbocycles. The first-order chi connectivity index (χ1) is 8.98. The third-order valence-electron chi connectivity index (χ3n) is 3.89. The predicted octanol–water partition coefficient (Wildman–Crippen LogP) is 1.37. The Hall–Kier alpha value is -0.430. The maximum Gasteiger partial charge on any atom is 0.105 e. The van der Waals surface area contributed by atoms with Crippen LogP contribution in [0.15, 0.2) is 4.47 Å². The Morgan fingerprint density at radius 3 is 2.89 bits per heavy atom. The molecule has 0 saturated carbocycles. The van der Waals surface area contributed by atoms with Crippen molar-refractivity contribution in [2.45, 2.75) is 44.9 Å². The molecule has 1 saturated heterocycles. The van der Waals surface area contributed by atoms with E-state index >= 15 is 0 Å². The van der Waals surface area contributed by atoms with E-state index in [1.165, 1.54) is 0 Å². The molecule has 2 atom stereocenters. The lowest BCUT2D eigenvalue weighted by Gasteiger charge is -2.26. The molecule has 2 N–H and O–H groups in total. The predicted molar refractivity (Wildman–Crippen MR) is 77.0 cm³/mol. The van der Waals surface area contributed by atoms with Gasteiger partial charge in [-0.2, -0.15) is 5.10 Å². The van der Waals surface area contributed by atoms with Gasteiger partial charge in [-0.3, -0.25) is 4.68 Å². The van der Waals surface area contributed by atoms with Crippen LogP contribution in [0.25, 0.3) is 0 Å². The van der Waals surface area contributed by atoms with Crippen molar-refractivity contribution < 1.29 is 9.84 Å². The minimum atomic E-state index is -0.751. The summed E-state index contributed by atoms with van der Waals surface area (Å²) in [7, 11) is 1.94. The monoisotopic (exact) mass is 331 g/mol. The standard InChI is InChI=1S/C13H22BrN3O2/c1-4-10-12(14)11(17(3)16-10)7-15-8-13(18)5-6-19-9(13)2/h9,15,18H,4-8H2,1-3H3. The van der Waals surface area contributed by atoms with Crippen molar-refractivity contribution in [3.63, 3.8) is 0 Å². The highest BCUT2D eigenvalue weighted by atomic mass is 79.9. The van der Waals surface area contributed by atoms with Crippen LogP contribution >= 0.6 is 15.9 Å². The normalized spacial score (nSPS) is 27.1. The van der Waals surface area contributed by atoms with Gasteiger partial charge in [0.2, 0.25) is 0 Å². The minimum Gasteiger partial charge on any atom is -0.386 e. The molecule has 2 rings (SSSR count). The zero-order valence-electron chi connectivity index (χ0n) is 11.7. The maximum atomic E-state index is 10.4. The molecule has 1 aliphatic heterocycles. The SMILES string of the molecule is CCc1nn(C)c(CNCC2(O)CCOC2C)c1Br. The summed E-state index contributed by atoms with van der Waals surface area (Å²) in [5.74, 6) is 0. The number of nitrogens with one attached hydrogen (secondary N) is 1. The molecular weight excluding hydrogens is 310 g/mol. The average molecular weight is 332 g/mol. The highest BCUT2D eigenvalue weighted by Crippen LogP contribution is 2.25. The second-order valence-electron chi connectivity index (χ2n) is 5.15. The molecule has 1 aromatic heterocycles. The number of aliphatic hydroxyl groups is 1. The Morgan fingerprint density at radius 2 is 2.37 bits per heavy atom. The molecule has 0 radical (unpaired) electrons. The molecule has 6 heteroatoms. The summed E-state index contributed by atoms with van der Waals surface area (Å²) in [5.41, 5.74) is 1.42. The van der Waals surface area contributed by atoms with Crippen LogP contribution in [0.2, 0.25) is 0 Å². The molecule has 1 fully saturated rings. The fourth-order valence-corrected chi connectivity index (χ4v) is 3.17. The molecule has 5 nitrogen and oxygen atoms in total. The van der Waals surface area contributed by atoms with Crippen molar-refractivity contribution in [1.29, 1.82) is 0 Å². The van der Waals surface area contributed by atoms with Gasteiger partial charge < -0.3 is 15.2 Å². The summed E-state index contributed by atoms with van der Waals surface area (Å²) >= 11 is 3.59. The Morgan fingerprint density at radius 1 is 1.63 bits per heavy atom. The van der Waals surface area contributed by atoms with E-state index in [2.05, 4.69) is 33.3 Å². The van der Waals surface area contributed by atoms with Gasteiger partial charge in [0, 0.05) is 33.2 Å². The van der Waals surface area contributed by atoms with E-state index in [0.29, 0.717) is 26.1 Å². The lowest BCUT2D eigenvalue weighted by atomic mass is 9.97. The number of ether oxygens (including phenoxy) is 1. The van der Waals surface area contributed by atoms with Crippen LogP contribution < -0.4 is 5.32 Å². The number of halogens is 1. The summed E-state index contributed by atoms with van der Waals surface area (Å²) in [6.45, 7) is 5.86. The van der Waals surface area contributed by atoms with Crippen molar-refractivity contribution >= 4 is 15.9 Å². The molecule has 1 aliphatic rings. The van der Waals surface area contributed by atoms with E-state index < -0.39 is 5.60 Å². The van der Waals surface area contributed by atoms with Gasteiger partial charge in [-0.15, -0.1) is 0 Å². The fraction of sp³-hybridized carbons (Fsp3) is 0.769. The van der Waals surface area contributed by atoms with E-state index in [4.69, 9.17) is 4.74 Å². The van der Waals surface area contributed by atoms with Crippen molar-refractivity contribution in [3.8, 4) is 0 Å². The molecule has 19 heavy (non-hydrogen) atoms. The van der Waals surface area contributed by atoms with Crippen LogP contribution in [0.1, 0.15) is 31.7 Å². The van der Waals surface area contributed by atoms with Crippen LogP contribution in [-0.4, -0.2) is 39.7 Å². The summed E-state index contributed by atoms with van der Waals surface area (Å²) < 4.78 is 8.37. The highest BCUT2D eigenvalue weighted by Gasteiger charge is 2.39. The second-order valence-corrected chi connectivity index (χ2v) is 5.95. The topological polar surface area (TPSA) is 59.3 Å². The molecule has 0 bridgehead atoms. The highest BCUT2D eigenvalue weighted by molar-refractivity contribution is 9.10. The van der Waals surface area contributed by atoms with Crippen molar-refractivity contribution in [3.05, 3.63) is 15.9 Å². The lowest BCUT2D eigenvalue weighted by Crippen LogP contribution is -2.45. The minimum absolute atomic E-state index is 0.110. The zero-order valence-corrected chi connectivity index (χ0v) is 13.3. The summed E-state index contributed by atoms with van der Waals surface area (Å²) in [6, 6.07) is 0. The summed E-state index contributed by atoms with van der Waals surface area (Å²) in [6.07, 6.45) is 1.48. The van der Waals surface area contributed by atoms with Gasteiger partial charge in [-0.05, 0) is 29.3 Å². The van der Waals surface area contributed by atoms with Crippen LogP contribution in [0, 0.1) is 0 Å². The zero-order chi connectivity index (χ0) is 14.0. The average Bonchev–Trinajstić information content (AvgIpc) is 2.84. The van der Waals surface area contributed by atoms with Crippen molar-refractivity contribution in [1.82, 2.24) is 15.1 Å². The van der Waals surface area contributed by atoms with Gasteiger partial charge >= 0.3 is 0 Å². The lowest BCUT2D eigenvalue weighted by molar-refractivity contribution is -0.0263. The fourth-order valence-electron chi connectivity index (χ4n) is 2.41. The van der Waals surface area contributed by atoms with E-state index in [9.17, 15) is 5.11 Å². The smallest absolute Gasteiger partial charge is 0.105 e. The molecule has 1 aromatic rings. The molecule has 0 spiro atoms. The van der Waals surface area contributed by atoms with Crippen LogP contribution in [0.3, 0.4) is 0 Å². The summed E-state index contributed by atoms with van der Waals surface area (Å²) in [5, 5.41) is 18.2. The van der Waals surface area contributed by atoms with Crippen molar-refractivity contribution in [2.75, 3.05) is 13.2 Å². The van der Waals surface area contributed by atoms with Gasteiger partial charge in [0.05, 0.1) is 22.0 Å². The van der Waals surface area contributed by atoms with Gasteiger partial charge in [0.1, 0.15) is 5.60 Å². The molecule has 0 amide bonds. The Bertz CT molecular complexity index is 449. The largest absolute Gasteiger partial charge is 0.386 e. The summed E-state index contributed by atoms with van der Waals surface area (Å²) in [4.78, 5) is 0. The van der Waals surface area contributed by atoms with Crippen LogP contribution in [0.5, 0.6) is 0 Å². The first-order valence-corrected chi connectivity index (χ1v) is 7.52. The van der Waals surface area contributed by atoms with Gasteiger partial charge in [0.15, 0.2) is 0 Å². The van der Waals surface area contributed by atoms with E-state index in [1.54, 1.807) is 0 Å². The third-order valence-corrected chi connectivity index (χ3v) is 4.80. The van der Waals surface area contributed by atoms with Crippen molar-refractivity contribution in [2.24, 2.45) is 7.05 Å². The Labute approximate surface area is 122 Å². The second kappa shape index (κ2) is 5.91. The quantitative estimate of drug-likeness (QED) is 0.855. The van der Waals surface area contributed by atoms with Crippen LogP contribution in [0.4, 0.5) is 0 Å². The molecule has 2 unspecified atom stereocenters. The van der Waals surface area contributed by atoms with Gasteiger partial charge in [-0.25, -0.2) is 0 Å². The third kappa shape index (κ3) is 3.02. The van der Waals surface area contributed by atoms with Gasteiger partial charge in [0.25, 0.3) is 0 Å². The maximum absolute atomic E-state index is 10.4. The van der Waals surface area contributed by atoms with Crippen LogP contribution in [-0.2, 0) is 24.8 Å². The molecule has 2 heterocycles. The number of hydrogen-bond acceptors (Lipinski definition) is 4. The van der Waals surface area contributed by atoms with E-state index in [1.807, 2.05) is 18.7 Å². The van der Waals surface area contributed by atoms with E-state index in [0.717, 1.165) is 22.3 Å². The molecule has 0 aliphatic carbocycles. The number of nitrogens with zero attached hydrogens (tertiary/aromatic N) is 2. The number of aromatic nitrogens is 2.